The molecule has 23 heavy (non-hydrogen) atoms. The molecule has 1 aliphatic rings. The molecule has 4 rings (SSSR count). The highest BCUT2D eigenvalue weighted by molar-refractivity contribution is 5.94. The summed E-state index contributed by atoms with van der Waals surface area (Å²) in [6.45, 7) is 2.06. The molecule has 2 aromatic carbocycles. The number of carbonyl (C=O) groups is 1. The summed E-state index contributed by atoms with van der Waals surface area (Å²) in [6, 6.07) is 12.7. The molecule has 1 aromatic heterocycles. The molecule has 1 N–H and O–H groups in total. The Kier molecular flexibility index (Phi) is 3.15. The molecule has 2 heterocycles. The zero-order valence-electron chi connectivity index (χ0n) is 12.5. The van der Waals surface area contributed by atoms with E-state index in [-0.39, 0.29) is 18.7 Å². The minimum absolute atomic E-state index is 0.119. The highest BCUT2D eigenvalue weighted by Crippen LogP contribution is 2.34. The first-order valence-electron chi connectivity index (χ1n) is 7.34. The number of carbonyl (C=O) groups excluding carboxylic acids is 1. The number of hydrogen-bond donors (Lipinski definition) is 1. The number of nitrogens with one attached hydrogen (secondary N) is 1. The third-order valence-corrected chi connectivity index (χ3v) is 3.92. The third-order valence-electron chi connectivity index (χ3n) is 3.92. The van der Waals surface area contributed by atoms with Crippen molar-refractivity contribution in [2.75, 3.05) is 12.1 Å². The normalized spacial score (nSPS) is 14.0. The Morgan fingerprint density at radius 2 is 2.04 bits per heavy atom. The van der Waals surface area contributed by atoms with Gasteiger partial charge in [-0.2, -0.15) is 0 Å². The molecule has 3 aromatic rings. The van der Waals surface area contributed by atoms with Gasteiger partial charge in [-0.25, -0.2) is 4.98 Å². The van der Waals surface area contributed by atoms with E-state index in [1.807, 2.05) is 35.8 Å². The Balaban J connectivity index is 1.57. The van der Waals surface area contributed by atoms with Crippen LogP contribution in [0.4, 0.5) is 5.69 Å². The van der Waals surface area contributed by atoms with E-state index < -0.39 is 0 Å². The number of amides is 1. The molecule has 0 fully saturated rings. The SMILES string of the molecule is C[C@@H](C(=O)Nc1ccc2c(c1)OCO2)n1cnc2ccccc21. The fourth-order valence-corrected chi connectivity index (χ4v) is 2.63. The van der Waals surface area contributed by atoms with Gasteiger partial charge in [-0.15, -0.1) is 0 Å². The number of hydrogen-bond acceptors (Lipinski definition) is 4. The zero-order valence-corrected chi connectivity index (χ0v) is 12.5. The van der Waals surface area contributed by atoms with Gasteiger partial charge in [0.15, 0.2) is 11.5 Å². The number of rotatable bonds is 3. The average Bonchev–Trinajstić information content (AvgIpc) is 3.20. The van der Waals surface area contributed by atoms with Crippen LogP contribution in [0, 0.1) is 0 Å². The van der Waals surface area contributed by atoms with Crippen LogP contribution in [0.15, 0.2) is 48.8 Å². The third kappa shape index (κ3) is 2.38. The van der Waals surface area contributed by atoms with Gasteiger partial charge in [0.05, 0.1) is 17.4 Å². The van der Waals surface area contributed by atoms with Crippen LogP contribution in [0.2, 0.25) is 0 Å². The summed E-state index contributed by atoms with van der Waals surface area (Å²) in [5, 5.41) is 2.90. The maximum absolute atomic E-state index is 12.5. The van der Waals surface area contributed by atoms with Crippen LogP contribution in [0.25, 0.3) is 11.0 Å². The van der Waals surface area contributed by atoms with E-state index >= 15 is 0 Å². The van der Waals surface area contributed by atoms with Crippen LogP contribution in [0.1, 0.15) is 13.0 Å². The summed E-state index contributed by atoms with van der Waals surface area (Å²) in [4.78, 5) is 16.8. The van der Waals surface area contributed by atoms with E-state index in [1.54, 1.807) is 24.5 Å². The predicted octanol–water partition coefficient (Wildman–Crippen LogP) is 2.96. The first-order chi connectivity index (χ1) is 11.2. The Morgan fingerprint density at radius 3 is 2.96 bits per heavy atom. The van der Waals surface area contributed by atoms with Gasteiger partial charge in [0, 0.05) is 11.8 Å². The first kappa shape index (κ1) is 13.6. The molecule has 1 aliphatic heterocycles. The Bertz CT molecular complexity index is 888. The first-order valence-corrected chi connectivity index (χ1v) is 7.34. The lowest BCUT2D eigenvalue weighted by atomic mass is 10.2. The van der Waals surface area contributed by atoms with Crippen molar-refractivity contribution in [3.63, 3.8) is 0 Å². The molecular formula is C17H15N3O3. The molecule has 0 radical (unpaired) electrons. The number of para-hydroxylation sites is 2. The number of anilines is 1. The molecule has 6 heteroatoms. The van der Waals surface area contributed by atoms with Crippen molar-refractivity contribution >= 4 is 22.6 Å². The van der Waals surface area contributed by atoms with Gasteiger partial charge in [0.2, 0.25) is 12.7 Å². The molecular weight excluding hydrogens is 294 g/mol. The molecule has 0 saturated carbocycles. The van der Waals surface area contributed by atoms with Crippen molar-refractivity contribution in [3.8, 4) is 11.5 Å². The van der Waals surface area contributed by atoms with Crippen molar-refractivity contribution in [2.24, 2.45) is 0 Å². The van der Waals surface area contributed by atoms with Crippen molar-refractivity contribution < 1.29 is 14.3 Å². The highest BCUT2D eigenvalue weighted by Gasteiger charge is 2.19. The van der Waals surface area contributed by atoms with Crippen LogP contribution in [-0.2, 0) is 4.79 Å². The van der Waals surface area contributed by atoms with Crippen LogP contribution >= 0.6 is 0 Å². The zero-order chi connectivity index (χ0) is 15.8. The monoisotopic (exact) mass is 309 g/mol. The van der Waals surface area contributed by atoms with Gasteiger partial charge >= 0.3 is 0 Å². The second-order valence-electron chi connectivity index (χ2n) is 5.37. The Hall–Kier alpha value is -3.02. The van der Waals surface area contributed by atoms with Crippen molar-refractivity contribution in [1.29, 1.82) is 0 Å². The number of aromatic nitrogens is 2. The van der Waals surface area contributed by atoms with Gasteiger partial charge in [-0.1, -0.05) is 12.1 Å². The van der Waals surface area contributed by atoms with Gasteiger partial charge in [-0.05, 0) is 31.2 Å². The standard InChI is InChI=1S/C17H15N3O3/c1-11(20-9-18-13-4-2-3-5-14(13)20)17(21)19-12-6-7-15-16(8-12)23-10-22-15/h2-9,11H,10H2,1H3,(H,19,21)/t11-/m0/s1. The van der Waals surface area contributed by atoms with E-state index in [2.05, 4.69) is 10.3 Å². The van der Waals surface area contributed by atoms with E-state index in [4.69, 9.17) is 9.47 Å². The summed E-state index contributed by atoms with van der Waals surface area (Å²) < 4.78 is 12.4. The fourth-order valence-electron chi connectivity index (χ4n) is 2.63. The lowest BCUT2D eigenvalue weighted by Crippen LogP contribution is -2.23. The molecule has 116 valence electrons. The quantitative estimate of drug-likeness (QED) is 0.808. The summed E-state index contributed by atoms with van der Waals surface area (Å²) in [5.74, 6) is 1.22. The maximum Gasteiger partial charge on any atom is 0.247 e. The molecule has 1 amide bonds. The topological polar surface area (TPSA) is 65.4 Å². The van der Waals surface area contributed by atoms with Crippen LogP contribution in [0.5, 0.6) is 11.5 Å². The maximum atomic E-state index is 12.5. The molecule has 0 aliphatic carbocycles. The Labute approximate surface area is 132 Å². The van der Waals surface area contributed by atoms with Gasteiger partial charge in [0.25, 0.3) is 0 Å². The van der Waals surface area contributed by atoms with Crippen LogP contribution in [-0.4, -0.2) is 22.3 Å². The number of ether oxygens (including phenoxy) is 2. The van der Waals surface area contributed by atoms with E-state index in [1.165, 1.54) is 0 Å². The molecule has 6 nitrogen and oxygen atoms in total. The van der Waals surface area contributed by atoms with Crippen LogP contribution < -0.4 is 14.8 Å². The van der Waals surface area contributed by atoms with Crippen molar-refractivity contribution in [1.82, 2.24) is 9.55 Å². The van der Waals surface area contributed by atoms with Crippen molar-refractivity contribution in [3.05, 3.63) is 48.8 Å². The molecule has 0 saturated heterocycles. The van der Waals surface area contributed by atoms with E-state index in [9.17, 15) is 4.79 Å². The minimum atomic E-state index is -0.382. The van der Waals surface area contributed by atoms with Gasteiger partial charge < -0.3 is 19.4 Å². The lowest BCUT2D eigenvalue weighted by molar-refractivity contribution is -0.118. The average molecular weight is 309 g/mol. The number of benzene rings is 2. The van der Waals surface area contributed by atoms with Gasteiger partial charge in [0.1, 0.15) is 6.04 Å². The van der Waals surface area contributed by atoms with Crippen LogP contribution in [0.3, 0.4) is 0 Å². The lowest BCUT2D eigenvalue weighted by Gasteiger charge is -2.14. The summed E-state index contributed by atoms with van der Waals surface area (Å²) >= 11 is 0. The second-order valence-corrected chi connectivity index (χ2v) is 5.37. The Morgan fingerprint density at radius 1 is 1.22 bits per heavy atom. The number of imidazole rings is 1. The summed E-state index contributed by atoms with van der Waals surface area (Å²) in [6.07, 6.45) is 1.69. The fraction of sp³-hybridized carbons (Fsp3) is 0.176. The largest absolute Gasteiger partial charge is 0.454 e. The van der Waals surface area contributed by atoms with Gasteiger partial charge in [-0.3, -0.25) is 4.79 Å². The van der Waals surface area contributed by atoms with Crippen molar-refractivity contribution in [2.45, 2.75) is 13.0 Å². The smallest absolute Gasteiger partial charge is 0.247 e. The molecule has 1 atom stereocenters. The molecule has 0 spiro atoms. The molecule has 0 bridgehead atoms. The summed E-state index contributed by atoms with van der Waals surface area (Å²) in [7, 11) is 0. The minimum Gasteiger partial charge on any atom is -0.454 e. The number of fused-ring (bicyclic) bond motifs is 2. The highest BCUT2D eigenvalue weighted by atomic mass is 16.7. The second kappa shape index (κ2) is 5.31. The number of nitrogens with zero attached hydrogens (tertiary/aromatic N) is 2. The predicted molar refractivity (Wildman–Crippen MR) is 85.6 cm³/mol. The molecule has 0 unspecified atom stereocenters. The summed E-state index contributed by atoms with van der Waals surface area (Å²) in [5.41, 5.74) is 2.48. The van der Waals surface area contributed by atoms with E-state index in [0.717, 1.165) is 11.0 Å². The van der Waals surface area contributed by atoms with E-state index in [0.29, 0.717) is 17.2 Å².